The molecule has 0 aliphatic heterocycles. The molecule has 3 heteroatoms. The highest BCUT2D eigenvalue weighted by Crippen LogP contribution is 2.29. The molecule has 0 radical (unpaired) electrons. The highest BCUT2D eigenvalue weighted by atomic mass is 16.4. The van der Waals surface area contributed by atoms with Gasteiger partial charge < -0.3 is 5.11 Å². The molecule has 0 aromatic rings. The SMILES string of the molecule is N#C/C=C1/CCCCC1C(=O)O. The van der Waals surface area contributed by atoms with Crippen LogP contribution < -0.4 is 0 Å². The van der Waals surface area contributed by atoms with E-state index in [1.807, 2.05) is 6.07 Å². The third-order valence-electron chi connectivity index (χ3n) is 2.20. The van der Waals surface area contributed by atoms with Gasteiger partial charge in [0, 0.05) is 6.08 Å². The molecule has 1 atom stereocenters. The molecule has 0 bridgehead atoms. The number of hydrogen-bond acceptors (Lipinski definition) is 2. The van der Waals surface area contributed by atoms with Gasteiger partial charge in [-0.3, -0.25) is 4.79 Å². The van der Waals surface area contributed by atoms with Crippen LogP contribution in [0.1, 0.15) is 25.7 Å². The van der Waals surface area contributed by atoms with Gasteiger partial charge >= 0.3 is 5.97 Å². The van der Waals surface area contributed by atoms with E-state index in [9.17, 15) is 4.79 Å². The van der Waals surface area contributed by atoms with Crippen LogP contribution in [0.25, 0.3) is 0 Å². The van der Waals surface area contributed by atoms with Crippen LogP contribution in [0.5, 0.6) is 0 Å². The van der Waals surface area contributed by atoms with Crippen LogP contribution in [0, 0.1) is 17.2 Å². The Morgan fingerprint density at radius 3 is 3.00 bits per heavy atom. The van der Waals surface area contributed by atoms with E-state index in [-0.39, 0.29) is 0 Å². The summed E-state index contributed by atoms with van der Waals surface area (Å²) in [6, 6.07) is 1.90. The molecule has 1 aliphatic rings. The summed E-state index contributed by atoms with van der Waals surface area (Å²) in [6.45, 7) is 0. The molecule has 0 saturated heterocycles. The van der Waals surface area contributed by atoms with E-state index < -0.39 is 11.9 Å². The van der Waals surface area contributed by atoms with Crippen molar-refractivity contribution in [1.29, 1.82) is 5.26 Å². The summed E-state index contributed by atoms with van der Waals surface area (Å²) >= 11 is 0. The second-order valence-electron chi connectivity index (χ2n) is 2.98. The van der Waals surface area contributed by atoms with Gasteiger partial charge in [-0.25, -0.2) is 0 Å². The van der Waals surface area contributed by atoms with Crippen LogP contribution in [-0.4, -0.2) is 11.1 Å². The van der Waals surface area contributed by atoms with Crippen LogP contribution in [0.15, 0.2) is 11.6 Å². The van der Waals surface area contributed by atoms with Crippen LogP contribution in [-0.2, 0) is 4.79 Å². The van der Waals surface area contributed by atoms with Crippen LogP contribution in [0.4, 0.5) is 0 Å². The molecule has 3 nitrogen and oxygen atoms in total. The van der Waals surface area contributed by atoms with Gasteiger partial charge in [0.1, 0.15) is 0 Å². The Morgan fingerprint density at radius 1 is 1.67 bits per heavy atom. The van der Waals surface area contributed by atoms with Crippen molar-refractivity contribution in [2.24, 2.45) is 5.92 Å². The van der Waals surface area contributed by atoms with E-state index in [2.05, 4.69) is 0 Å². The van der Waals surface area contributed by atoms with Crippen molar-refractivity contribution < 1.29 is 9.90 Å². The number of aliphatic carboxylic acids is 1. The predicted octanol–water partition coefficient (Wildman–Crippen LogP) is 1.71. The van der Waals surface area contributed by atoms with Gasteiger partial charge in [-0.15, -0.1) is 0 Å². The molecule has 1 N–H and O–H groups in total. The molecular weight excluding hydrogens is 154 g/mol. The van der Waals surface area contributed by atoms with Gasteiger partial charge in [-0.1, -0.05) is 6.42 Å². The minimum absolute atomic E-state index is 0.404. The lowest BCUT2D eigenvalue weighted by atomic mass is 9.84. The largest absolute Gasteiger partial charge is 0.481 e. The smallest absolute Gasteiger partial charge is 0.310 e. The van der Waals surface area contributed by atoms with Crippen molar-refractivity contribution in [2.75, 3.05) is 0 Å². The Kier molecular flexibility index (Phi) is 2.87. The van der Waals surface area contributed by atoms with Crippen molar-refractivity contribution in [3.8, 4) is 6.07 Å². The zero-order valence-corrected chi connectivity index (χ0v) is 6.79. The molecule has 1 unspecified atom stereocenters. The topological polar surface area (TPSA) is 61.1 Å². The Hall–Kier alpha value is -1.30. The second-order valence-corrected chi connectivity index (χ2v) is 2.98. The first-order valence-electron chi connectivity index (χ1n) is 4.07. The average molecular weight is 165 g/mol. The molecule has 64 valence electrons. The summed E-state index contributed by atoms with van der Waals surface area (Å²) in [5.41, 5.74) is 0.788. The normalized spacial score (nSPS) is 26.6. The third kappa shape index (κ3) is 1.85. The maximum atomic E-state index is 10.7. The number of hydrogen-bond donors (Lipinski definition) is 1. The van der Waals surface area contributed by atoms with Gasteiger partial charge in [0.25, 0.3) is 0 Å². The van der Waals surface area contributed by atoms with Crippen molar-refractivity contribution in [3.63, 3.8) is 0 Å². The Balaban J connectivity index is 2.75. The predicted molar refractivity (Wildman–Crippen MR) is 43.3 cm³/mol. The van der Waals surface area contributed by atoms with Crippen molar-refractivity contribution in [3.05, 3.63) is 11.6 Å². The van der Waals surface area contributed by atoms with E-state index in [0.717, 1.165) is 24.8 Å². The highest BCUT2D eigenvalue weighted by molar-refractivity contribution is 5.74. The van der Waals surface area contributed by atoms with E-state index in [0.29, 0.717) is 6.42 Å². The molecule has 0 aromatic carbocycles. The van der Waals surface area contributed by atoms with E-state index in [1.54, 1.807) is 0 Å². The van der Waals surface area contributed by atoms with E-state index >= 15 is 0 Å². The Morgan fingerprint density at radius 2 is 2.42 bits per heavy atom. The molecule has 12 heavy (non-hydrogen) atoms. The maximum absolute atomic E-state index is 10.7. The lowest BCUT2D eigenvalue weighted by Crippen LogP contribution is -2.19. The molecule has 1 rings (SSSR count). The quantitative estimate of drug-likeness (QED) is 0.601. The fourth-order valence-corrected chi connectivity index (χ4v) is 1.57. The third-order valence-corrected chi connectivity index (χ3v) is 2.20. The fraction of sp³-hybridized carbons (Fsp3) is 0.556. The number of allylic oxidation sites excluding steroid dienone is 1. The van der Waals surface area contributed by atoms with Gasteiger partial charge in [-0.2, -0.15) is 5.26 Å². The summed E-state index contributed by atoms with van der Waals surface area (Å²) in [7, 11) is 0. The Bertz CT molecular complexity index is 250. The molecule has 0 amide bonds. The number of nitrogens with zero attached hydrogens (tertiary/aromatic N) is 1. The number of nitriles is 1. The zero-order valence-electron chi connectivity index (χ0n) is 6.79. The van der Waals surface area contributed by atoms with Gasteiger partial charge in [-0.05, 0) is 24.8 Å². The molecule has 0 heterocycles. The number of carboxylic acid groups (broad SMARTS) is 1. The molecule has 1 fully saturated rings. The summed E-state index contributed by atoms with van der Waals surface area (Å²) in [5.74, 6) is -1.20. The first-order chi connectivity index (χ1) is 5.75. The van der Waals surface area contributed by atoms with Crippen LogP contribution in [0.3, 0.4) is 0 Å². The van der Waals surface area contributed by atoms with Gasteiger partial charge in [0.15, 0.2) is 0 Å². The van der Waals surface area contributed by atoms with Crippen LogP contribution >= 0.6 is 0 Å². The minimum atomic E-state index is -0.795. The molecular formula is C9H11NO2. The summed E-state index contributed by atoms with van der Waals surface area (Å²) in [4.78, 5) is 10.7. The molecule has 1 saturated carbocycles. The lowest BCUT2D eigenvalue weighted by Gasteiger charge is -2.20. The van der Waals surface area contributed by atoms with Crippen LogP contribution in [0.2, 0.25) is 0 Å². The van der Waals surface area contributed by atoms with Gasteiger partial charge in [0.05, 0.1) is 12.0 Å². The monoisotopic (exact) mass is 165 g/mol. The number of carboxylic acids is 1. The average Bonchev–Trinajstić information content (AvgIpc) is 2.05. The molecule has 1 aliphatic carbocycles. The zero-order chi connectivity index (χ0) is 8.97. The Labute approximate surface area is 71.3 Å². The first kappa shape index (κ1) is 8.79. The molecule has 0 aromatic heterocycles. The summed E-state index contributed by atoms with van der Waals surface area (Å²) in [6.07, 6.45) is 4.81. The van der Waals surface area contributed by atoms with E-state index in [4.69, 9.17) is 10.4 Å². The standard InChI is InChI=1S/C9H11NO2/c10-6-5-7-3-1-2-4-8(7)9(11)12/h5,8H,1-4H2,(H,11,12)/b7-5-. The maximum Gasteiger partial charge on any atom is 0.310 e. The number of rotatable bonds is 1. The minimum Gasteiger partial charge on any atom is -0.481 e. The fourth-order valence-electron chi connectivity index (χ4n) is 1.57. The summed E-state index contributed by atoms with van der Waals surface area (Å²) < 4.78 is 0. The lowest BCUT2D eigenvalue weighted by molar-refractivity contribution is -0.140. The van der Waals surface area contributed by atoms with Gasteiger partial charge in [0.2, 0.25) is 0 Å². The second kappa shape index (κ2) is 3.91. The van der Waals surface area contributed by atoms with Crippen molar-refractivity contribution in [2.45, 2.75) is 25.7 Å². The number of carbonyl (C=O) groups is 1. The van der Waals surface area contributed by atoms with Crippen molar-refractivity contribution >= 4 is 5.97 Å². The van der Waals surface area contributed by atoms with E-state index in [1.165, 1.54) is 6.08 Å². The highest BCUT2D eigenvalue weighted by Gasteiger charge is 2.24. The first-order valence-corrected chi connectivity index (χ1v) is 4.07. The summed E-state index contributed by atoms with van der Waals surface area (Å²) in [5, 5.41) is 17.2. The molecule has 0 spiro atoms. The van der Waals surface area contributed by atoms with Crippen molar-refractivity contribution in [1.82, 2.24) is 0 Å².